The lowest BCUT2D eigenvalue weighted by Crippen LogP contribution is -2.32. The molecule has 4 rings (SSSR count). The molecular weight excluding hydrogens is 282 g/mol. The van der Waals surface area contributed by atoms with Crippen molar-refractivity contribution in [1.82, 2.24) is 14.9 Å². The molecule has 0 saturated carbocycles. The molecule has 0 saturated heterocycles. The Bertz CT molecular complexity index is 852. The van der Waals surface area contributed by atoms with Crippen LogP contribution in [-0.4, -0.2) is 21.4 Å². The molecule has 0 bridgehead atoms. The number of nitrogens with zero attached hydrogens (tertiary/aromatic N) is 2. The first-order valence-electron chi connectivity index (χ1n) is 7.05. The number of hydrogen-bond donors (Lipinski definition) is 1. The summed E-state index contributed by atoms with van der Waals surface area (Å²) in [5.74, 6) is 0. The molecule has 4 nitrogen and oxygen atoms in total. The van der Waals surface area contributed by atoms with E-state index in [9.17, 15) is 4.79 Å². The normalized spacial score (nSPS) is 15.2. The summed E-state index contributed by atoms with van der Waals surface area (Å²) < 4.78 is 0. The zero-order chi connectivity index (χ0) is 14.2. The molecule has 3 aromatic rings. The summed E-state index contributed by atoms with van der Waals surface area (Å²) in [5.41, 5.74) is 3.56. The van der Waals surface area contributed by atoms with E-state index in [4.69, 9.17) is 0 Å². The molecular formula is C16H15N3OS. The van der Waals surface area contributed by atoms with Crippen LogP contribution < -0.4 is 5.56 Å². The van der Waals surface area contributed by atoms with E-state index in [2.05, 4.69) is 26.3 Å². The van der Waals surface area contributed by atoms with Gasteiger partial charge in [0.15, 0.2) is 0 Å². The van der Waals surface area contributed by atoms with Gasteiger partial charge in [0.05, 0.1) is 11.0 Å². The van der Waals surface area contributed by atoms with Crippen LogP contribution in [-0.2, 0) is 19.5 Å². The number of H-pyrrole nitrogens is 1. The SMILES string of the molecule is O=c1[nH]c2ccccc2nc1CN1CCc2sccc2C1. The summed E-state index contributed by atoms with van der Waals surface area (Å²) >= 11 is 1.83. The zero-order valence-corrected chi connectivity index (χ0v) is 12.3. The van der Waals surface area contributed by atoms with Gasteiger partial charge in [-0.3, -0.25) is 9.69 Å². The van der Waals surface area contributed by atoms with Crippen LogP contribution in [0.3, 0.4) is 0 Å². The second-order valence-corrected chi connectivity index (χ2v) is 6.36. The highest BCUT2D eigenvalue weighted by Crippen LogP contribution is 2.24. The number of aromatic amines is 1. The number of rotatable bonds is 2. The van der Waals surface area contributed by atoms with Crippen LogP contribution in [0.2, 0.25) is 0 Å². The predicted octanol–water partition coefficient (Wildman–Crippen LogP) is 2.54. The average molecular weight is 297 g/mol. The van der Waals surface area contributed by atoms with Crippen LogP contribution in [0, 0.1) is 0 Å². The molecule has 0 unspecified atom stereocenters. The van der Waals surface area contributed by atoms with Crippen LogP contribution >= 0.6 is 11.3 Å². The van der Waals surface area contributed by atoms with Gasteiger partial charge in [0.1, 0.15) is 5.69 Å². The van der Waals surface area contributed by atoms with Gasteiger partial charge in [-0.1, -0.05) is 12.1 Å². The molecule has 1 aromatic carbocycles. The lowest BCUT2D eigenvalue weighted by Gasteiger charge is -2.26. The maximum absolute atomic E-state index is 12.2. The number of thiophene rings is 1. The van der Waals surface area contributed by atoms with Gasteiger partial charge in [-0.05, 0) is 35.6 Å². The molecule has 2 aromatic heterocycles. The van der Waals surface area contributed by atoms with Crippen LogP contribution in [0.1, 0.15) is 16.1 Å². The maximum atomic E-state index is 12.2. The Morgan fingerprint density at radius 3 is 3.14 bits per heavy atom. The van der Waals surface area contributed by atoms with Gasteiger partial charge in [-0.25, -0.2) is 4.98 Å². The Morgan fingerprint density at radius 1 is 1.29 bits per heavy atom. The monoisotopic (exact) mass is 297 g/mol. The minimum atomic E-state index is -0.0789. The van der Waals surface area contributed by atoms with Gasteiger partial charge in [-0.2, -0.15) is 0 Å². The molecule has 0 amide bonds. The number of benzene rings is 1. The molecule has 106 valence electrons. The Kier molecular flexibility index (Phi) is 3.09. The van der Waals surface area contributed by atoms with E-state index < -0.39 is 0 Å². The van der Waals surface area contributed by atoms with Gasteiger partial charge >= 0.3 is 0 Å². The summed E-state index contributed by atoms with van der Waals surface area (Å²) in [7, 11) is 0. The van der Waals surface area contributed by atoms with E-state index in [-0.39, 0.29) is 5.56 Å². The van der Waals surface area contributed by atoms with Crippen LogP contribution in [0.5, 0.6) is 0 Å². The van der Waals surface area contributed by atoms with Crippen molar-refractivity contribution >= 4 is 22.4 Å². The molecule has 3 heterocycles. The fourth-order valence-electron chi connectivity index (χ4n) is 2.83. The minimum Gasteiger partial charge on any atom is -0.319 e. The summed E-state index contributed by atoms with van der Waals surface area (Å²) in [4.78, 5) is 23.4. The first-order valence-corrected chi connectivity index (χ1v) is 7.93. The molecule has 0 aliphatic carbocycles. The minimum absolute atomic E-state index is 0.0789. The smallest absolute Gasteiger partial charge is 0.271 e. The quantitative estimate of drug-likeness (QED) is 0.791. The van der Waals surface area contributed by atoms with Gasteiger partial charge in [0.2, 0.25) is 0 Å². The Labute approximate surface area is 126 Å². The molecule has 1 N–H and O–H groups in total. The van der Waals surface area contributed by atoms with Crippen LogP contribution in [0.15, 0.2) is 40.5 Å². The molecule has 0 radical (unpaired) electrons. The van der Waals surface area contributed by atoms with E-state index in [1.807, 2.05) is 35.6 Å². The molecule has 0 atom stereocenters. The lowest BCUT2D eigenvalue weighted by molar-refractivity contribution is 0.244. The van der Waals surface area contributed by atoms with Crippen molar-refractivity contribution in [3.63, 3.8) is 0 Å². The predicted molar refractivity (Wildman–Crippen MR) is 84.5 cm³/mol. The van der Waals surface area contributed by atoms with Crippen LogP contribution in [0.4, 0.5) is 0 Å². The highest BCUT2D eigenvalue weighted by molar-refractivity contribution is 7.10. The van der Waals surface area contributed by atoms with E-state index in [1.165, 1.54) is 10.4 Å². The zero-order valence-electron chi connectivity index (χ0n) is 11.5. The van der Waals surface area contributed by atoms with E-state index in [1.54, 1.807) is 0 Å². The fraction of sp³-hybridized carbons (Fsp3) is 0.250. The van der Waals surface area contributed by atoms with Crippen molar-refractivity contribution in [2.24, 2.45) is 0 Å². The second-order valence-electron chi connectivity index (χ2n) is 5.36. The number of nitrogens with one attached hydrogen (secondary N) is 1. The average Bonchev–Trinajstić information content (AvgIpc) is 2.95. The molecule has 21 heavy (non-hydrogen) atoms. The third-order valence-corrected chi connectivity index (χ3v) is 4.95. The summed E-state index contributed by atoms with van der Waals surface area (Å²) in [6.07, 6.45) is 1.07. The Morgan fingerprint density at radius 2 is 2.19 bits per heavy atom. The van der Waals surface area contributed by atoms with E-state index >= 15 is 0 Å². The van der Waals surface area contributed by atoms with Crippen molar-refractivity contribution < 1.29 is 0 Å². The van der Waals surface area contributed by atoms with Gasteiger partial charge in [-0.15, -0.1) is 11.3 Å². The first kappa shape index (κ1) is 12.7. The number of aromatic nitrogens is 2. The maximum Gasteiger partial charge on any atom is 0.271 e. The Hall–Kier alpha value is -1.98. The fourth-order valence-corrected chi connectivity index (χ4v) is 3.72. The van der Waals surface area contributed by atoms with E-state index in [0.29, 0.717) is 12.2 Å². The molecule has 5 heteroatoms. The highest BCUT2D eigenvalue weighted by Gasteiger charge is 2.18. The molecule has 0 fully saturated rings. The third-order valence-electron chi connectivity index (χ3n) is 3.93. The molecule has 0 spiro atoms. The number of fused-ring (bicyclic) bond motifs is 2. The van der Waals surface area contributed by atoms with Crippen LogP contribution in [0.25, 0.3) is 11.0 Å². The number of hydrogen-bond acceptors (Lipinski definition) is 4. The van der Waals surface area contributed by atoms with Gasteiger partial charge in [0.25, 0.3) is 5.56 Å². The first-order chi connectivity index (χ1) is 10.3. The van der Waals surface area contributed by atoms with Crippen molar-refractivity contribution in [3.8, 4) is 0 Å². The van der Waals surface area contributed by atoms with E-state index in [0.717, 1.165) is 30.5 Å². The van der Waals surface area contributed by atoms with Crippen molar-refractivity contribution in [3.05, 3.63) is 62.2 Å². The second kappa shape index (κ2) is 5.09. The topological polar surface area (TPSA) is 49.0 Å². The van der Waals surface area contributed by atoms with Gasteiger partial charge < -0.3 is 4.98 Å². The largest absolute Gasteiger partial charge is 0.319 e. The summed E-state index contributed by atoms with van der Waals surface area (Å²) in [6.45, 7) is 2.50. The standard InChI is InChI=1S/C16H15N3OS/c20-16-14(17-12-3-1-2-4-13(12)18-16)10-19-7-5-15-11(9-19)6-8-21-15/h1-4,6,8H,5,7,9-10H2,(H,18,20). The van der Waals surface area contributed by atoms with Crippen molar-refractivity contribution in [1.29, 1.82) is 0 Å². The lowest BCUT2D eigenvalue weighted by atomic mass is 10.1. The summed E-state index contributed by atoms with van der Waals surface area (Å²) in [5, 5.41) is 2.15. The molecule has 1 aliphatic heterocycles. The van der Waals surface area contributed by atoms with Crippen molar-refractivity contribution in [2.75, 3.05) is 6.54 Å². The molecule has 1 aliphatic rings. The third kappa shape index (κ3) is 2.39. The Balaban J connectivity index is 1.63. The van der Waals surface area contributed by atoms with Gasteiger partial charge in [0, 0.05) is 24.5 Å². The number of para-hydroxylation sites is 2. The summed E-state index contributed by atoms with van der Waals surface area (Å²) in [6, 6.07) is 9.84. The van der Waals surface area contributed by atoms with Crippen molar-refractivity contribution in [2.45, 2.75) is 19.5 Å². The highest BCUT2D eigenvalue weighted by atomic mass is 32.1.